The van der Waals surface area contributed by atoms with Crippen LogP contribution in [0.2, 0.25) is 0 Å². The Bertz CT molecular complexity index is 193. The molecule has 78 valence electrons. The quantitative estimate of drug-likeness (QED) is 0.715. The molecule has 0 aromatic rings. The number of rotatable bonds is 1. The maximum atomic E-state index is 13.1. The summed E-state index contributed by atoms with van der Waals surface area (Å²) in [5.74, 6) is -0.210. The van der Waals surface area contributed by atoms with Crippen LogP contribution >= 0.6 is 15.9 Å². The average molecular weight is 257 g/mol. The molecule has 0 radical (unpaired) electrons. The van der Waals surface area contributed by atoms with Gasteiger partial charge in [-0.25, -0.2) is 0 Å². The molecule has 3 atom stereocenters. The second-order valence-electron chi connectivity index (χ2n) is 4.08. The van der Waals surface area contributed by atoms with Crippen molar-refractivity contribution in [2.24, 2.45) is 11.8 Å². The van der Waals surface area contributed by atoms with Crippen LogP contribution in [-0.2, 0) is 0 Å². The van der Waals surface area contributed by atoms with Crippen molar-refractivity contribution in [3.8, 4) is 0 Å². The van der Waals surface area contributed by atoms with Gasteiger partial charge in [-0.05, 0) is 34.2 Å². The van der Waals surface area contributed by atoms with E-state index in [2.05, 4.69) is 15.9 Å². The molecule has 1 saturated carbocycles. The van der Waals surface area contributed by atoms with E-state index in [1.165, 1.54) is 0 Å². The van der Waals surface area contributed by atoms with Crippen LogP contribution in [0.25, 0.3) is 0 Å². The van der Waals surface area contributed by atoms with Crippen molar-refractivity contribution in [1.29, 1.82) is 0 Å². The average Bonchev–Trinajstić information content (AvgIpc) is 1.98. The molecule has 0 spiro atoms. The number of alkyl halides is 3. The van der Waals surface area contributed by atoms with Crippen molar-refractivity contribution in [2.45, 2.75) is 43.5 Å². The second-order valence-corrected chi connectivity index (χ2v) is 5.08. The third-order valence-electron chi connectivity index (χ3n) is 3.32. The number of hydrogen-bond donors (Lipinski definition) is 1. The maximum Gasteiger partial charge on any atom is 0.329 e. The topological polar surface area (TPSA) is 20.2 Å². The number of aliphatic hydroxyl groups is 1. The van der Waals surface area contributed by atoms with E-state index >= 15 is 0 Å². The van der Waals surface area contributed by atoms with Crippen molar-refractivity contribution in [1.82, 2.24) is 0 Å². The summed E-state index contributed by atoms with van der Waals surface area (Å²) in [7, 11) is 0. The lowest BCUT2D eigenvalue weighted by molar-refractivity contribution is -0.173. The minimum Gasteiger partial charge on any atom is -0.382 e. The van der Waals surface area contributed by atoms with E-state index in [1.807, 2.05) is 6.92 Å². The third-order valence-corrected chi connectivity index (χ3v) is 4.00. The van der Waals surface area contributed by atoms with E-state index in [0.29, 0.717) is 6.42 Å². The first kappa shape index (κ1) is 11.4. The summed E-state index contributed by atoms with van der Waals surface area (Å²) in [6, 6.07) is 0. The lowest BCUT2D eigenvalue weighted by atomic mass is 9.71. The molecule has 0 amide bonds. The number of hydrogen-bond acceptors (Lipinski definition) is 1. The molecule has 3 unspecified atom stereocenters. The first-order valence-electron chi connectivity index (χ1n) is 4.58. The summed E-state index contributed by atoms with van der Waals surface area (Å²) in [6.45, 7) is 3.60. The lowest BCUT2D eigenvalue weighted by Gasteiger charge is -2.44. The molecule has 4 heteroatoms. The predicted molar refractivity (Wildman–Crippen MR) is 51.0 cm³/mol. The van der Waals surface area contributed by atoms with Gasteiger partial charge in [-0.3, -0.25) is 0 Å². The summed E-state index contributed by atoms with van der Waals surface area (Å²) in [4.78, 5) is -3.17. The van der Waals surface area contributed by atoms with Crippen molar-refractivity contribution < 1.29 is 13.9 Å². The van der Waals surface area contributed by atoms with E-state index in [-0.39, 0.29) is 18.3 Å². The molecule has 1 aliphatic rings. The van der Waals surface area contributed by atoms with Crippen LogP contribution in [0.15, 0.2) is 0 Å². The molecule has 0 bridgehead atoms. The van der Waals surface area contributed by atoms with Crippen LogP contribution in [0.1, 0.15) is 33.1 Å². The molecule has 0 aliphatic heterocycles. The second kappa shape index (κ2) is 3.46. The van der Waals surface area contributed by atoms with Gasteiger partial charge >= 0.3 is 4.83 Å². The summed E-state index contributed by atoms with van der Waals surface area (Å²) in [6.07, 6.45) is 1.77. The normalized spacial score (nSPS) is 42.0. The SMILES string of the molecule is CC1CCCC(O)(C(F)(F)Br)C1C. The van der Waals surface area contributed by atoms with Gasteiger partial charge < -0.3 is 5.11 Å². The Hall–Kier alpha value is 0.300. The number of halogens is 3. The zero-order chi connectivity index (χ0) is 10.3. The van der Waals surface area contributed by atoms with Crippen LogP contribution in [0, 0.1) is 11.8 Å². The molecule has 13 heavy (non-hydrogen) atoms. The highest BCUT2D eigenvalue weighted by Gasteiger charge is 2.56. The first-order valence-corrected chi connectivity index (χ1v) is 5.37. The molecular weight excluding hydrogens is 242 g/mol. The Morgan fingerprint density at radius 2 is 2.00 bits per heavy atom. The van der Waals surface area contributed by atoms with E-state index in [1.54, 1.807) is 6.92 Å². The fourth-order valence-corrected chi connectivity index (χ4v) is 2.60. The summed E-state index contributed by atoms with van der Waals surface area (Å²) in [5, 5.41) is 9.85. The van der Waals surface area contributed by atoms with Crippen LogP contribution < -0.4 is 0 Å². The van der Waals surface area contributed by atoms with Gasteiger partial charge in [0.25, 0.3) is 0 Å². The van der Waals surface area contributed by atoms with Crippen molar-refractivity contribution in [3.05, 3.63) is 0 Å². The monoisotopic (exact) mass is 256 g/mol. The zero-order valence-electron chi connectivity index (χ0n) is 7.86. The van der Waals surface area contributed by atoms with Gasteiger partial charge in [-0.15, -0.1) is 0 Å². The summed E-state index contributed by atoms with van der Waals surface area (Å²) >= 11 is 2.28. The predicted octanol–water partition coefficient (Wildman–Crippen LogP) is 3.16. The Morgan fingerprint density at radius 3 is 2.38 bits per heavy atom. The van der Waals surface area contributed by atoms with E-state index in [9.17, 15) is 13.9 Å². The molecule has 1 nitrogen and oxygen atoms in total. The smallest absolute Gasteiger partial charge is 0.329 e. The maximum absolute atomic E-state index is 13.1. The molecule has 0 aromatic heterocycles. The largest absolute Gasteiger partial charge is 0.382 e. The molecule has 1 rings (SSSR count). The van der Waals surface area contributed by atoms with Gasteiger partial charge in [-0.1, -0.05) is 26.7 Å². The van der Waals surface area contributed by atoms with Gasteiger partial charge in [-0.2, -0.15) is 8.78 Å². The summed E-state index contributed by atoms with van der Waals surface area (Å²) < 4.78 is 26.2. The van der Waals surface area contributed by atoms with Gasteiger partial charge in [0.15, 0.2) is 0 Å². The highest BCUT2D eigenvalue weighted by molar-refractivity contribution is 9.10. The highest BCUT2D eigenvalue weighted by atomic mass is 79.9. The van der Waals surface area contributed by atoms with E-state index < -0.39 is 10.4 Å². The molecule has 1 fully saturated rings. The Labute approximate surface area is 85.6 Å². The highest BCUT2D eigenvalue weighted by Crippen LogP contribution is 2.49. The fourth-order valence-electron chi connectivity index (χ4n) is 2.04. The summed E-state index contributed by atoms with van der Waals surface area (Å²) in [5.41, 5.74) is -1.87. The van der Waals surface area contributed by atoms with Crippen molar-refractivity contribution in [2.75, 3.05) is 0 Å². The molecule has 1 N–H and O–H groups in total. The van der Waals surface area contributed by atoms with Crippen molar-refractivity contribution >= 4 is 15.9 Å². The van der Waals surface area contributed by atoms with Gasteiger partial charge in [0, 0.05) is 0 Å². The van der Waals surface area contributed by atoms with Gasteiger partial charge in [0.2, 0.25) is 0 Å². The van der Waals surface area contributed by atoms with Gasteiger partial charge in [0.05, 0.1) is 0 Å². The zero-order valence-corrected chi connectivity index (χ0v) is 9.44. The van der Waals surface area contributed by atoms with Gasteiger partial charge in [0.1, 0.15) is 5.60 Å². The van der Waals surface area contributed by atoms with Crippen LogP contribution in [0.4, 0.5) is 8.78 Å². The molecule has 0 aromatic carbocycles. The minimum atomic E-state index is -3.17. The molecule has 0 saturated heterocycles. The third kappa shape index (κ3) is 1.89. The van der Waals surface area contributed by atoms with Crippen LogP contribution in [-0.4, -0.2) is 15.5 Å². The Kier molecular flexibility index (Phi) is 3.03. The van der Waals surface area contributed by atoms with E-state index in [4.69, 9.17) is 0 Å². The molecule has 0 heterocycles. The Morgan fingerprint density at radius 1 is 1.46 bits per heavy atom. The molecule has 1 aliphatic carbocycles. The minimum absolute atomic E-state index is 0.155. The van der Waals surface area contributed by atoms with Crippen LogP contribution in [0.5, 0.6) is 0 Å². The molecular formula is C9H15BrF2O. The Balaban J connectivity index is 2.88. The van der Waals surface area contributed by atoms with Crippen LogP contribution in [0.3, 0.4) is 0 Å². The van der Waals surface area contributed by atoms with Crippen molar-refractivity contribution in [3.63, 3.8) is 0 Å². The fraction of sp³-hybridized carbons (Fsp3) is 1.00. The first-order chi connectivity index (χ1) is 5.79. The lowest BCUT2D eigenvalue weighted by Crippen LogP contribution is -2.53. The standard InChI is InChI=1S/C9H15BrF2O/c1-6-4-3-5-8(13,7(6)2)9(10,11)12/h6-7,13H,3-5H2,1-2H3. The van der Waals surface area contributed by atoms with E-state index in [0.717, 1.165) is 6.42 Å².